The molecule has 8 heteroatoms. The van der Waals surface area contributed by atoms with Gasteiger partial charge in [0.15, 0.2) is 11.6 Å². The first-order valence-corrected chi connectivity index (χ1v) is 9.49. The number of ether oxygens (including phenoxy) is 1. The van der Waals surface area contributed by atoms with Crippen LogP contribution in [0.4, 0.5) is 8.78 Å². The van der Waals surface area contributed by atoms with Crippen LogP contribution in [0.25, 0.3) is 11.0 Å². The number of hydrogen-bond donors (Lipinski definition) is 0. The van der Waals surface area contributed by atoms with Crippen LogP contribution in [0.3, 0.4) is 0 Å². The van der Waals surface area contributed by atoms with Gasteiger partial charge >= 0.3 is 0 Å². The Kier molecular flexibility index (Phi) is 6.07. The van der Waals surface area contributed by atoms with Crippen LogP contribution in [0, 0.1) is 17.6 Å². The van der Waals surface area contributed by atoms with E-state index < -0.39 is 17.7 Å². The number of carbonyl (C=O) groups excluding carboxylic acids is 1. The molecule has 2 aromatic carbocycles. The van der Waals surface area contributed by atoms with E-state index in [4.69, 9.17) is 16.3 Å². The minimum atomic E-state index is -0.980. The van der Waals surface area contributed by atoms with Crippen molar-refractivity contribution in [2.24, 2.45) is 5.92 Å². The van der Waals surface area contributed by atoms with E-state index in [0.717, 1.165) is 17.7 Å². The number of benzene rings is 2. The van der Waals surface area contributed by atoms with Gasteiger partial charge in [-0.05, 0) is 24.1 Å². The molecule has 1 heterocycles. The summed E-state index contributed by atoms with van der Waals surface area (Å²) in [6.07, 6.45) is 1.44. The molecule has 0 aliphatic carbocycles. The first-order valence-electron chi connectivity index (χ1n) is 9.12. The number of likely N-dealkylation sites (N-methyl/N-ethyl adjacent to an activating group) is 1. The predicted molar refractivity (Wildman–Crippen MR) is 108 cm³/mol. The fourth-order valence-electron chi connectivity index (χ4n) is 3.40. The molecule has 0 N–H and O–H groups in total. The van der Waals surface area contributed by atoms with Crippen LogP contribution in [0.15, 0.2) is 36.7 Å². The highest BCUT2D eigenvalue weighted by molar-refractivity contribution is 6.30. The lowest BCUT2D eigenvalue weighted by atomic mass is 10.0. The minimum Gasteiger partial charge on any atom is -0.496 e. The molecule has 1 amide bonds. The van der Waals surface area contributed by atoms with Crippen molar-refractivity contribution in [1.82, 2.24) is 14.5 Å². The first kappa shape index (κ1) is 21.0. The Hall–Kier alpha value is -2.67. The third-order valence-electron chi connectivity index (χ3n) is 4.83. The Labute approximate surface area is 172 Å². The molecule has 0 aliphatic heterocycles. The van der Waals surface area contributed by atoms with Crippen molar-refractivity contribution >= 4 is 28.5 Å². The van der Waals surface area contributed by atoms with E-state index in [0.29, 0.717) is 21.8 Å². The van der Waals surface area contributed by atoms with Crippen molar-refractivity contribution in [2.45, 2.75) is 26.4 Å². The van der Waals surface area contributed by atoms with Gasteiger partial charge in [0.25, 0.3) is 0 Å². The third-order valence-corrected chi connectivity index (χ3v) is 5.06. The number of aromatic nitrogens is 2. The SMILES string of the molecule is COc1ccc(Cl)cc1CN(C)C(=O)C(C(C)C)n1cnc2cc(F)c(F)cc21. The second kappa shape index (κ2) is 8.37. The molecule has 29 heavy (non-hydrogen) atoms. The van der Waals surface area contributed by atoms with Gasteiger partial charge in [0.05, 0.1) is 24.5 Å². The third kappa shape index (κ3) is 4.19. The fourth-order valence-corrected chi connectivity index (χ4v) is 3.59. The van der Waals surface area contributed by atoms with Crippen molar-refractivity contribution < 1.29 is 18.3 Å². The first-order chi connectivity index (χ1) is 13.7. The van der Waals surface area contributed by atoms with Crippen LogP contribution in [0.2, 0.25) is 5.02 Å². The van der Waals surface area contributed by atoms with E-state index in [1.54, 1.807) is 41.8 Å². The molecule has 1 unspecified atom stereocenters. The molecule has 0 aliphatic rings. The summed E-state index contributed by atoms with van der Waals surface area (Å²) in [5, 5.41) is 0.542. The molecule has 1 aromatic heterocycles. The second-order valence-corrected chi connectivity index (χ2v) is 7.68. The van der Waals surface area contributed by atoms with Gasteiger partial charge in [0, 0.05) is 36.3 Å². The zero-order chi connectivity index (χ0) is 21.3. The van der Waals surface area contributed by atoms with E-state index in [1.807, 2.05) is 13.8 Å². The summed E-state index contributed by atoms with van der Waals surface area (Å²) in [4.78, 5) is 19.0. The molecule has 0 saturated carbocycles. The topological polar surface area (TPSA) is 47.4 Å². The summed E-state index contributed by atoms with van der Waals surface area (Å²) in [5.41, 5.74) is 1.42. The number of halogens is 3. The summed E-state index contributed by atoms with van der Waals surface area (Å²) in [7, 11) is 3.23. The number of hydrogen-bond acceptors (Lipinski definition) is 3. The second-order valence-electron chi connectivity index (χ2n) is 7.25. The van der Waals surface area contributed by atoms with Crippen LogP contribution >= 0.6 is 11.6 Å². The van der Waals surface area contributed by atoms with Crippen molar-refractivity contribution in [3.05, 3.63) is 58.9 Å². The number of rotatable bonds is 6. The van der Waals surface area contributed by atoms with Crippen LogP contribution in [-0.4, -0.2) is 34.5 Å². The van der Waals surface area contributed by atoms with Crippen LogP contribution in [0.5, 0.6) is 5.75 Å². The zero-order valence-corrected chi connectivity index (χ0v) is 17.4. The molecule has 3 rings (SSSR count). The quantitative estimate of drug-likeness (QED) is 0.572. The van der Waals surface area contributed by atoms with Crippen molar-refractivity contribution in [2.75, 3.05) is 14.2 Å². The van der Waals surface area contributed by atoms with E-state index in [1.165, 1.54) is 6.33 Å². The summed E-state index contributed by atoms with van der Waals surface area (Å²) in [6.45, 7) is 4.06. The number of methoxy groups -OCH3 is 1. The van der Waals surface area contributed by atoms with Crippen molar-refractivity contribution in [3.8, 4) is 5.75 Å². The highest BCUT2D eigenvalue weighted by atomic mass is 35.5. The van der Waals surface area contributed by atoms with Gasteiger partial charge in [-0.25, -0.2) is 13.8 Å². The standard InChI is InChI=1S/C21H22ClF2N3O2/c1-12(2)20(27-11-25-17-8-15(23)16(24)9-18(17)27)21(28)26(3)10-13-7-14(22)5-6-19(13)29-4/h5-9,11-12,20H,10H2,1-4H3. The van der Waals surface area contributed by atoms with Gasteiger partial charge < -0.3 is 14.2 Å². The van der Waals surface area contributed by atoms with E-state index in [2.05, 4.69) is 4.98 Å². The lowest BCUT2D eigenvalue weighted by molar-refractivity contribution is -0.135. The summed E-state index contributed by atoms with van der Waals surface area (Å²) in [6, 6.07) is 6.67. The van der Waals surface area contributed by atoms with Crippen molar-refractivity contribution in [1.29, 1.82) is 0 Å². The number of nitrogens with zero attached hydrogens (tertiary/aromatic N) is 3. The Morgan fingerprint density at radius 3 is 2.59 bits per heavy atom. The maximum Gasteiger partial charge on any atom is 0.246 e. The summed E-state index contributed by atoms with van der Waals surface area (Å²) >= 11 is 6.09. The Morgan fingerprint density at radius 1 is 1.24 bits per heavy atom. The monoisotopic (exact) mass is 421 g/mol. The number of imidazole rings is 1. The van der Waals surface area contributed by atoms with E-state index in [-0.39, 0.29) is 18.4 Å². The normalized spacial score (nSPS) is 12.4. The van der Waals surface area contributed by atoms with Crippen molar-refractivity contribution in [3.63, 3.8) is 0 Å². The Bertz CT molecular complexity index is 1050. The minimum absolute atomic E-state index is 0.114. The number of amides is 1. The summed E-state index contributed by atoms with van der Waals surface area (Å²) < 4.78 is 34.3. The molecule has 1 atom stereocenters. The van der Waals surface area contributed by atoms with Gasteiger partial charge in [0.2, 0.25) is 5.91 Å². The van der Waals surface area contributed by atoms with Gasteiger partial charge in [-0.2, -0.15) is 0 Å². The summed E-state index contributed by atoms with van der Waals surface area (Å²) in [5.74, 6) is -1.63. The molecule has 154 valence electrons. The highest BCUT2D eigenvalue weighted by Gasteiger charge is 2.29. The van der Waals surface area contributed by atoms with Gasteiger partial charge in [0.1, 0.15) is 11.8 Å². The lowest BCUT2D eigenvalue weighted by Gasteiger charge is -2.28. The van der Waals surface area contributed by atoms with Gasteiger partial charge in [-0.15, -0.1) is 0 Å². The molecular weight excluding hydrogens is 400 g/mol. The molecule has 0 fully saturated rings. The van der Waals surface area contributed by atoms with E-state index >= 15 is 0 Å². The molecule has 5 nitrogen and oxygen atoms in total. The molecular formula is C21H22ClF2N3O2. The predicted octanol–water partition coefficient (Wildman–Crippen LogP) is 4.83. The van der Waals surface area contributed by atoms with E-state index in [9.17, 15) is 13.6 Å². The fraction of sp³-hybridized carbons (Fsp3) is 0.333. The largest absolute Gasteiger partial charge is 0.496 e. The average molecular weight is 422 g/mol. The maximum atomic E-state index is 13.8. The lowest BCUT2D eigenvalue weighted by Crippen LogP contribution is -2.36. The molecule has 0 bridgehead atoms. The highest BCUT2D eigenvalue weighted by Crippen LogP contribution is 2.29. The Morgan fingerprint density at radius 2 is 1.93 bits per heavy atom. The van der Waals surface area contributed by atoms with Gasteiger partial charge in [-0.3, -0.25) is 4.79 Å². The van der Waals surface area contributed by atoms with Crippen LogP contribution in [0.1, 0.15) is 25.5 Å². The maximum absolute atomic E-state index is 13.8. The molecule has 0 spiro atoms. The van der Waals surface area contributed by atoms with Gasteiger partial charge in [-0.1, -0.05) is 25.4 Å². The molecule has 3 aromatic rings. The number of fused-ring (bicyclic) bond motifs is 1. The molecule has 0 radical (unpaired) electrons. The van der Waals surface area contributed by atoms with Crippen LogP contribution < -0.4 is 4.74 Å². The Balaban J connectivity index is 1.95. The number of carbonyl (C=O) groups is 1. The van der Waals surface area contributed by atoms with Crippen LogP contribution in [-0.2, 0) is 11.3 Å². The molecule has 0 saturated heterocycles. The zero-order valence-electron chi connectivity index (χ0n) is 16.6. The average Bonchev–Trinajstić information content (AvgIpc) is 3.04. The smallest absolute Gasteiger partial charge is 0.246 e.